The fourth-order valence-corrected chi connectivity index (χ4v) is 2.00. The molecule has 2 rings (SSSR count). The molecule has 21 heavy (non-hydrogen) atoms. The fourth-order valence-electron chi connectivity index (χ4n) is 1.79. The molecule has 2 aromatic rings. The summed E-state index contributed by atoms with van der Waals surface area (Å²) in [6, 6.07) is 11.3. The van der Waals surface area contributed by atoms with E-state index in [0.29, 0.717) is 5.56 Å². The van der Waals surface area contributed by atoms with Crippen LogP contribution in [0.1, 0.15) is 15.9 Å². The lowest BCUT2D eigenvalue weighted by atomic mass is 10.2. The number of ether oxygens (including phenoxy) is 1. The molecule has 0 N–H and O–H groups in total. The zero-order valence-corrected chi connectivity index (χ0v) is 12.5. The maximum absolute atomic E-state index is 13.6. The summed E-state index contributed by atoms with van der Waals surface area (Å²) in [5.41, 5.74) is 1.56. The Labute approximate surface area is 127 Å². The van der Waals surface area contributed by atoms with Gasteiger partial charge in [0.15, 0.2) is 0 Å². The van der Waals surface area contributed by atoms with Crippen molar-refractivity contribution in [3.63, 3.8) is 0 Å². The molecule has 0 aliphatic heterocycles. The van der Waals surface area contributed by atoms with Crippen LogP contribution in [0.25, 0.3) is 0 Å². The van der Waals surface area contributed by atoms with Crippen molar-refractivity contribution < 1.29 is 13.9 Å². The van der Waals surface area contributed by atoms with Crippen molar-refractivity contribution >= 4 is 23.3 Å². The van der Waals surface area contributed by atoms with Crippen LogP contribution in [0.5, 0.6) is 0 Å². The van der Waals surface area contributed by atoms with Gasteiger partial charge in [-0.05, 0) is 36.4 Å². The highest BCUT2D eigenvalue weighted by Gasteiger charge is 2.12. The SMILES string of the molecule is CN(C)c1ccc(C(=O)OCc2c(F)cccc2Cl)cc1. The minimum atomic E-state index is -0.514. The van der Waals surface area contributed by atoms with Crippen molar-refractivity contribution in [1.82, 2.24) is 0 Å². The molecule has 0 spiro atoms. The second-order valence-electron chi connectivity index (χ2n) is 4.72. The molecule has 0 aromatic heterocycles. The van der Waals surface area contributed by atoms with E-state index in [1.54, 1.807) is 18.2 Å². The molecule has 2 aromatic carbocycles. The number of carbonyl (C=O) groups excluding carboxylic acids is 1. The van der Waals surface area contributed by atoms with Crippen molar-refractivity contribution in [3.8, 4) is 0 Å². The van der Waals surface area contributed by atoms with E-state index >= 15 is 0 Å². The minimum Gasteiger partial charge on any atom is -0.457 e. The van der Waals surface area contributed by atoms with Crippen LogP contribution in [-0.4, -0.2) is 20.1 Å². The van der Waals surface area contributed by atoms with E-state index in [2.05, 4.69) is 0 Å². The average molecular weight is 308 g/mol. The summed E-state index contributed by atoms with van der Waals surface area (Å²) in [6.45, 7) is -0.195. The smallest absolute Gasteiger partial charge is 0.338 e. The van der Waals surface area contributed by atoms with Gasteiger partial charge in [-0.15, -0.1) is 0 Å². The average Bonchev–Trinajstić information content (AvgIpc) is 2.46. The van der Waals surface area contributed by atoms with Gasteiger partial charge in [0, 0.05) is 25.3 Å². The Balaban J connectivity index is 2.05. The number of nitrogens with zero attached hydrogens (tertiary/aromatic N) is 1. The molecule has 0 bridgehead atoms. The van der Waals surface area contributed by atoms with Gasteiger partial charge in [-0.1, -0.05) is 17.7 Å². The zero-order chi connectivity index (χ0) is 15.4. The molecule has 0 amide bonds. The van der Waals surface area contributed by atoms with Crippen molar-refractivity contribution in [2.45, 2.75) is 6.61 Å². The molecule has 5 heteroatoms. The summed E-state index contributed by atoms with van der Waals surface area (Å²) in [5, 5.41) is 0.241. The van der Waals surface area contributed by atoms with E-state index < -0.39 is 11.8 Å². The third-order valence-corrected chi connectivity index (χ3v) is 3.38. The standard InChI is InChI=1S/C16H15ClFNO2/c1-19(2)12-8-6-11(7-9-12)16(20)21-10-13-14(17)4-3-5-15(13)18/h3-9H,10H2,1-2H3. The van der Waals surface area contributed by atoms with E-state index in [0.717, 1.165) is 5.69 Å². The summed E-state index contributed by atoms with van der Waals surface area (Å²) in [7, 11) is 3.82. The monoisotopic (exact) mass is 307 g/mol. The van der Waals surface area contributed by atoms with E-state index in [-0.39, 0.29) is 17.2 Å². The van der Waals surface area contributed by atoms with Crippen LogP contribution < -0.4 is 4.90 Å². The van der Waals surface area contributed by atoms with Gasteiger partial charge in [0.05, 0.1) is 10.6 Å². The van der Waals surface area contributed by atoms with Crippen molar-refractivity contribution in [3.05, 3.63) is 64.4 Å². The number of anilines is 1. The van der Waals surface area contributed by atoms with Gasteiger partial charge in [-0.3, -0.25) is 0 Å². The second-order valence-corrected chi connectivity index (χ2v) is 5.12. The summed E-state index contributed by atoms with van der Waals surface area (Å²) in [6.07, 6.45) is 0. The molecule has 110 valence electrons. The molecule has 0 radical (unpaired) electrons. The highest BCUT2D eigenvalue weighted by Crippen LogP contribution is 2.20. The highest BCUT2D eigenvalue weighted by molar-refractivity contribution is 6.31. The first-order chi connectivity index (χ1) is 9.99. The van der Waals surface area contributed by atoms with Crippen LogP contribution >= 0.6 is 11.6 Å². The zero-order valence-electron chi connectivity index (χ0n) is 11.8. The van der Waals surface area contributed by atoms with Gasteiger partial charge in [0.1, 0.15) is 12.4 Å². The Morgan fingerprint density at radius 2 is 1.86 bits per heavy atom. The highest BCUT2D eigenvalue weighted by atomic mass is 35.5. The van der Waals surface area contributed by atoms with Gasteiger partial charge in [-0.25, -0.2) is 9.18 Å². The largest absolute Gasteiger partial charge is 0.457 e. The predicted octanol–water partition coefficient (Wildman–Crippen LogP) is 3.90. The lowest BCUT2D eigenvalue weighted by Gasteiger charge is -2.12. The third kappa shape index (κ3) is 3.73. The van der Waals surface area contributed by atoms with Crippen LogP contribution in [0.15, 0.2) is 42.5 Å². The first kappa shape index (κ1) is 15.3. The Morgan fingerprint density at radius 1 is 1.19 bits per heavy atom. The van der Waals surface area contributed by atoms with Crippen LogP contribution in [0, 0.1) is 5.82 Å². The molecule has 3 nitrogen and oxygen atoms in total. The maximum Gasteiger partial charge on any atom is 0.338 e. The number of halogens is 2. The van der Waals surface area contributed by atoms with E-state index in [1.807, 2.05) is 31.1 Å². The third-order valence-electron chi connectivity index (χ3n) is 3.03. The quantitative estimate of drug-likeness (QED) is 0.802. The lowest BCUT2D eigenvalue weighted by molar-refractivity contribution is 0.0469. The molecule has 0 fully saturated rings. The number of esters is 1. The van der Waals surface area contributed by atoms with E-state index in [4.69, 9.17) is 16.3 Å². The summed E-state index contributed by atoms with van der Waals surface area (Å²) < 4.78 is 18.7. The van der Waals surface area contributed by atoms with E-state index in [9.17, 15) is 9.18 Å². The normalized spacial score (nSPS) is 10.3. The first-order valence-electron chi connectivity index (χ1n) is 6.36. The number of carbonyl (C=O) groups is 1. The van der Waals surface area contributed by atoms with Crippen LogP contribution in [0.4, 0.5) is 10.1 Å². The molecule has 0 unspecified atom stereocenters. The van der Waals surface area contributed by atoms with Crippen LogP contribution in [0.2, 0.25) is 5.02 Å². The summed E-state index contributed by atoms with van der Waals surface area (Å²) in [4.78, 5) is 13.8. The minimum absolute atomic E-state index is 0.178. The molecular weight excluding hydrogens is 293 g/mol. The Hall–Kier alpha value is -2.07. The first-order valence-corrected chi connectivity index (χ1v) is 6.74. The van der Waals surface area contributed by atoms with Gasteiger partial charge in [-0.2, -0.15) is 0 Å². The van der Waals surface area contributed by atoms with Crippen LogP contribution in [-0.2, 0) is 11.3 Å². The van der Waals surface area contributed by atoms with Gasteiger partial charge >= 0.3 is 5.97 Å². The number of hydrogen-bond acceptors (Lipinski definition) is 3. The van der Waals surface area contributed by atoms with Gasteiger partial charge < -0.3 is 9.64 Å². The van der Waals surface area contributed by atoms with Crippen molar-refractivity contribution in [1.29, 1.82) is 0 Å². The molecule has 0 aliphatic carbocycles. The maximum atomic E-state index is 13.6. The number of rotatable bonds is 4. The van der Waals surface area contributed by atoms with Crippen LogP contribution in [0.3, 0.4) is 0 Å². The molecule has 0 atom stereocenters. The van der Waals surface area contributed by atoms with E-state index in [1.165, 1.54) is 12.1 Å². The molecular formula is C16H15ClFNO2. The summed E-state index contributed by atoms with van der Waals surface area (Å²) >= 11 is 5.88. The predicted molar refractivity (Wildman–Crippen MR) is 81.3 cm³/mol. The molecule has 0 heterocycles. The topological polar surface area (TPSA) is 29.5 Å². The second kappa shape index (κ2) is 6.59. The fraction of sp³-hybridized carbons (Fsp3) is 0.188. The molecule has 0 aliphatic rings. The van der Waals surface area contributed by atoms with Crippen molar-refractivity contribution in [2.24, 2.45) is 0 Å². The Morgan fingerprint density at radius 3 is 2.43 bits per heavy atom. The molecule has 0 saturated carbocycles. The van der Waals surface area contributed by atoms with Gasteiger partial charge in [0.25, 0.3) is 0 Å². The number of hydrogen-bond donors (Lipinski definition) is 0. The van der Waals surface area contributed by atoms with Crippen molar-refractivity contribution in [2.75, 3.05) is 19.0 Å². The van der Waals surface area contributed by atoms with Gasteiger partial charge in [0.2, 0.25) is 0 Å². The number of benzene rings is 2. The Kier molecular flexibility index (Phi) is 4.81. The Bertz CT molecular complexity index is 621. The molecule has 0 saturated heterocycles. The summed E-state index contributed by atoms with van der Waals surface area (Å²) in [5.74, 6) is -1.00. The lowest BCUT2D eigenvalue weighted by Crippen LogP contribution is -2.10.